The van der Waals surface area contributed by atoms with E-state index in [-0.39, 0.29) is 7.11 Å². The van der Waals surface area contributed by atoms with Gasteiger partial charge in [0.05, 0.1) is 13.3 Å². The first-order valence-corrected chi connectivity index (χ1v) is 6.10. The third-order valence-corrected chi connectivity index (χ3v) is 3.14. The van der Waals surface area contributed by atoms with Gasteiger partial charge in [0.2, 0.25) is 5.76 Å². The molecule has 1 fully saturated rings. The van der Waals surface area contributed by atoms with E-state index in [9.17, 15) is 65.9 Å². The Hall–Kier alpha value is -1.75. The Bertz CT molecular complexity index is 596. The van der Waals surface area contributed by atoms with E-state index in [1.165, 1.54) is 0 Å². The summed E-state index contributed by atoms with van der Waals surface area (Å²) in [7, 11) is -0.0605. The van der Waals surface area contributed by atoms with Crippen LogP contribution < -0.4 is 0 Å². The molecule has 0 N–H and O–H groups in total. The van der Waals surface area contributed by atoms with Crippen LogP contribution in [0.1, 0.15) is 0 Å². The second-order valence-corrected chi connectivity index (χ2v) is 4.94. The van der Waals surface area contributed by atoms with E-state index < -0.39 is 59.2 Å². The largest absolute Gasteiger partial charge is 0.491 e. The summed E-state index contributed by atoms with van der Waals surface area (Å²) in [6.45, 7) is 0. The molecule has 0 saturated carbocycles. The Kier molecular flexibility index (Phi) is 5.31. The first-order chi connectivity index (χ1) is 12.0. The number of halogens is 15. The van der Waals surface area contributed by atoms with Gasteiger partial charge < -0.3 is 4.74 Å². The topological polar surface area (TPSA) is 21.7 Å². The molecule has 1 heterocycles. The van der Waals surface area contributed by atoms with E-state index in [1.54, 1.807) is 0 Å². The Morgan fingerprint density at radius 1 is 0.750 bits per heavy atom. The van der Waals surface area contributed by atoms with Crippen molar-refractivity contribution in [1.29, 1.82) is 0 Å². The molecule has 0 bridgehead atoms. The number of allylic oxidation sites excluding steroid dienone is 1. The summed E-state index contributed by atoms with van der Waals surface area (Å²) in [4.78, 5) is -3.04. The van der Waals surface area contributed by atoms with E-state index in [4.69, 9.17) is 0 Å². The molecule has 0 aromatic rings. The predicted octanol–water partition coefficient (Wildman–Crippen LogP) is 5.01. The number of nitrogens with zero attached hydrogens (tertiary/aromatic N) is 1. The van der Waals surface area contributed by atoms with Crippen LogP contribution in [0.4, 0.5) is 65.9 Å². The van der Waals surface area contributed by atoms with Gasteiger partial charge in [-0.25, -0.2) is 4.90 Å². The van der Waals surface area contributed by atoms with Crippen LogP contribution in [-0.4, -0.2) is 54.3 Å². The Morgan fingerprint density at radius 2 is 1.07 bits per heavy atom. The first kappa shape index (κ1) is 24.3. The Balaban J connectivity index is 3.95. The summed E-state index contributed by atoms with van der Waals surface area (Å²) < 4.78 is 200. The molecular formula is C10H4F15NO2. The molecular weight excluding hydrogens is 451 g/mol. The molecule has 2 unspecified atom stereocenters. The predicted molar refractivity (Wildman–Crippen MR) is 53.8 cm³/mol. The summed E-state index contributed by atoms with van der Waals surface area (Å²) in [6, 6.07) is -14.1. The van der Waals surface area contributed by atoms with Crippen LogP contribution in [0.3, 0.4) is 0 Å². The maximum absolute atomic E-state index is 13.8. The number of methoxy groups -OCH3 is 1. The summed E-state index contributed by atoms with van der Waals surface area (Å²) in [5, 5.41) is 0. The van der Waals surface area contributed by atoms with Crippen LogP contribution in [0, 0.1) is 0 Å². The van der Waals surface area contributed by atoms with E-state index in [1.807, 2.05) is 4.74 Å². The number of morpholine rings is 1. The molecule has 0 radical (unpaired) electrons. The molecule has 166 valence electrons. The van der Waals surface area contributed by atoms with E-state index in [0.29, 0.717) is 0 Å². The van der Waals surface area contributed by atoms with Crippen LogP contribution in [0.15, 0.2) is 12.0 Å². The van der Waals surface area contributed by atoms with Gasteiger partial charge in [-0.1, -0.05) is 0 Å². The second-order valence-electron chi connectivity index (χ2n) is 4.94. The zero-order valence-corrected chi connectivity index (χ0v) is 12.5. The molecule has 0 aromatic heterocycles. The van der Waals surface area contributed by atoms with Crippen molar-refractivity contribution in [2.75, 3.05) is 7.11 Å². The van der Waals surface area contributed by atoms with Crippen LogP contribution in [0.25, 0.3) is 0 Å². The molecule has 0 spiro atoms. The van der Waals surface area contributed by atoms with Crippen molar-refractivity contribution in [1.82, 2.24) is 4.90 Å². The normalized spacial score (nSPS) is 31.7. The van der Waals surface area contributed by atoms with E-state index in [0.717, 1.165) is 0 Å². The number of ether oxygens (including phenoxy) is 2. The fourth-order valence-corrected chi connectivity index (χ4v) is 1.78. The van der Waals surface area contributed by atoms with Crippen LogP contribution in [-0.2, 0) is 9.47 Å². The summed E-state index contributed by atoms with van der Waals surface area (Å²) >= 11 is 0. The summed E-state index contributed by atoms with van der Waals surface area (Å²) in [5.41, 5.74) is 0. The molecule has 1 aliphatic heterocycles. The number of hydrogen-bond acceptors (Lipinski definition) is 3. The Labute approximate surface area is 143 Å². The summed E-state index contributed by atoms with van der Waals surface area (Å²) in [6.07, 6.45) is -22.5. The third kappa shape index (κ3) is 3.18. The van der Waals surface area contributed by atoms with Crippen molar-refractivity contribution in [3.63, 3.8) is 0 Å². The maximum atomic E-state index is 13.8. The molecule has 0 aliphatic carbocycles. The van der Waals surface area contributed by atoms with Gasteiger partial charge in [0.25, 0.3) is 0 Å². The third-order valence-electron chi connectivity index (χ3n) is 3.14. The molecule has 2 atom stereocenters. The lowest BCUT2D eigenvalue weighted by atomic mass is 10.1. The highest BCUT2D eigenvalue weighted by atomic mass is 19.4. The van der Waals surface area contributed by atoms with Gasteiger partial charge in [-0.15, -0.1) is 0 Å². The standard InChI is InChI=1S/C10H4F15NO2/c1-27-3(4(11,12)13)2-26-9(22,23)5(14,7(16,17)18)28-6(15,8(19,20)21)10(26,24)25/h2H,1H3. The quantitative estimate of drug-likeness (QED) is 0.332. The van der Waals surface area contributed by atoms with Gasteiger partial charge in [0.1, 0.15) is 0 Å². The molecule has 3 nitrogen and oxygen atoms in total. The number of alkyl halides is 15. The molecule has 18 heteroatoms. The van der Waals surface area contributed by atoms with E-state index >= 15 is 0 Å². The zero-order valence-electron chi connectivity index (χ0n) is 12.5. The fourth-order valence-electron chi connectivity index (χ4n) is 1.78. The molecule has 1 rings (SSSR count). The van der Waals surface area contributed by atoms with Gasteiger partial charge >= 0.3 is 42.3 Å². The van der Waals surface area contributed by atoms with Crippen molar-refractivity contribution in [2.24, 2.45) is 0 Å². The number of hydrogen-bond donors (Lipinski definition) is 0. The molecule has 0 aromatic carbocycles. The first-order valence-electron chi connectivity index (χ1n) is 6.10. The highest BCUT2D eigenvalue weighted by Crippen LogP contribution is 2.63. The summed E-state index contributed by atoms with van der Waals surface area (Å²) in [5.74, 6) is -17.4. The van der Waals surface area contributed by atoms with Gasteiger partial charge in [0.15, 0.2) is 0 Å². The van der Waals surface area contributed by atoms with Crippen molar-refractivity contribution >= 4 is 0 Å². The minimum Gasteiger partial charge on any atom is -0.491 e. The van der Waals surface area contributed by atoms with Crippen molar-refractivity contribution in [3.05, 3.63) is 12.0 Å². The van der Waals surface area contributed by atoms with Crippen LogP contribution >= 0.6 is 0 Å². The minimum absolute atomic E-state index is 0.0605. The smallest absolute Gasteiger partial charge is 0.457 e. The van der Waals surface area contributed by atoms with Gasteiger partial charge in [0, 0.05) is 0 Å². The average molecular weight is 455 g/mol. The second kappa shape index (κ2) is 6.12. The highest BCUT2D eigenvalue weighted by molar-refractivity contribution is 5.13. The van der Waals surface area contributed by atoms with Gasteiger partial charge in [-0.3, -0.25) is 4.74 Å². The minimum atomic E-state index is -7.33. The molecule has 1 aliphatic rings. The molecule has 1 saturated heterocycles. The zero-order chi connectivity index (χ0) is 22.8. The van der Waals surface area contributed by atoms with Gasteiger partial charge in [-0.2, -0.15) is 65.9 Å². The monoisotopic (exact) mass is 455 g/mol. The van der Waals surface area contributed by atoms with Gasteiger partial charge in [-0.05, 0) is 0 Å². The molecule has 0 amide bonds. The van der Waals surface area contributed by atoms with E-state index in [2.05, 4.69) is 4.74 Å². The SMILES string of the molecule is COC(=CN1C(F)(F)C(F)(C(F)(F)F)OC(F)(C(F)(F)F)C1(F)F)C(F)(F)F. The van der Waals surface area contributed by atoms with Crippen molar-refractivity contribution < 1.29 is 75.3 Å². The highest BCUT2D eigenvalue weighted by Gasteiger charge is 2.92. The average Bonchev–Trinajstić information content (AvgIpc) is 2.41. The van der Waals surface area contributed by atoms with Crippen molar-refractivity contribution in [2.45, 2.75) is 42.3 Å². The lowest BCUT2D eigenvalue weighted by Crippen LogP contribution is -2.81. The Morgan fingerprint density at radius 3 is 1.29 bits per heavy atom. The molecule has 28 heavy (non-hydrogen) atoms. The lowest BCUT2D eigenvalue weighted by molar-refractivity contribution is -0.571. The maximum Gasteiger partial charge on any atom is 0.457 e. The fraction of sp³-hybridized carbons (Fsp3) is 0.800. The lowest BCUT2D eigenvalue weighted by Gasteiger charge is -2.52. The van der Waals surface area contributed by atoms with Crippen LogP contribution in [0.5, 0.6) is 0 Å². The van der Waals surface area contributed by atoms with Crippen molar-refractivity contribution in [3.8, 4) is 0 Å². The van der Waals surface area contributed by atoms with Crippen LogP contribution in [0.2, 0.25) is 0 Å². The number of rotatable bonds is 2.